The number of benzene rings is 2. The molecule has 1 aliphatic rings. The summed E-state index contributed by atoms with van der Waals surface area (Å²) in [5, 5.41) is 2.83. The first-order chi connectivity index (χ1) is 14.4. The Labute approximate surface area is 176 Å². The molecule has 0 saturated carbocycles. The third-order valence-electron chi connectivity index (χ3n) is 5.41. The summed E-state index contributed by atoms with van der Waals surface area (Å²) in [4.78, 5) is 12.9. The van der Waals surface area contributed by atoms with Crippen LogP contribution in [0.2, 0.25) is 0 Å². The van der Waals surface area contributed by atoms with Crippen molar-refractivity contribution in [2.75, 3.05) is 6.54 Å². The summed E-state index contributed by atoms with van der Waals surface area (Å²) in [6.07, 6.45) is 2.21. The van der Waals surface area contributed by atoms with E-state index in [1.54, 1.807) is 42.7 Å². The first kappa shape index (κ1) is 20.4. The number of fused-ring (bicyclic) bond motifs is 1. The molecule has 2 aromatic carbocycles. The van der Waals surface area contributed by atoms with Crippen molar-refractivity contribution in [1.29, 1.82) is 0 Å². The van der Waals surface area contributed by atoms with Gasteiger partial charge in [0.1, 0.15) is 5.76 Å². The maximum absolute atomic E-state index is 13.4. The standard InChI is InChI=1S/C23H24N2O4S/c1-17-8-10-20(11-9-17)30(27,28)25-13-12-18-5-2-3-7-21(18)22(25)15-23(26)24-16-19-6-4-14-29-19/h2-11,14,22H,12-13,15-16H2,1H3,(H,24,26). The van der Waals surface area contributed by atoms with E-state index in [-0.39, 0.29) is 23.8 Å². The number of carbonyl (C=O) groups excluding carboxylic acids is 1. The molecule has 3 aromatic rings. The van der Waals surface area contributed by atoms with Gasteiger partial charge in [-0.3, -0.25) is 4.79 Å². The Bertz CT molecular complexity index is 1120. The number of aryl methyl sites for hydroxylation is 1. The molecule has 1 aliphatic heterocycles. The van der Waals surface area contributed by atoms with Gasteiger partial charge in [-0.25, -0.2) is 8.42 Å². The van der Waals surface area contributed by atoms with Gasteiger partial charge in [0.25, 0.3) is 0 Å². The van der Waals surface area contributed by atoms with E-state index in [0.29, 0.717) is 18.7 Å². The molecule has 0 aliphatic carbocycles. The monoisotopic (exact) mass is 424 g/mol. The van der Waals surface area contributed by atoms with Crippen molar-refractivity contribution in [3.63, 3.8) is 0 Å². The first-order valence-corrected chi connectivity index (χ1v) is 11.3. The Morgan fingerprint density at radius 2 is 1.87 bits per heavy atom. The van der Waals surface area contributed by atoms with Crippen LogP contribution < -0.4 is 5.32 Å². The van der Waals surface area contributed by atoms with Crippen molar-refractivity contribution in [1.82, 2.24) is 9.62 Å². The Morgan fingerprint density at radius 3 is 2.60 bits per heavy atom. The van der Waals surface area contributed by atoms with Crippen LogP contribution >= 0.6 is 0 Å². The highest BCUT2D eigenvalue weighted by atomic mass is 32.2. The van der Waals surface area contributed by atoms with Crippen LogP contribution in [0.4, 0.5) is 0 Å². The number of nitrogens with one attached hydrogen (secondary N) is 1. The average molecular weight is 425 g/mol. The first-order valence-electron chi connectivity index (χ1n) is 9.90. The lowest BCUT2D eigenvalue weighted by Gasteiger charge is -2.36. The average Bonchev–Trinajstić information content (AvgIpc) is 3.26. The molecule has 1 N–H and O–H groups in total. The van der Waals surface area contributed by atoms with E-state index in [9.17, 15) is 13.2 Å². The van der Waals surface area contributed by atoms with E-state index in [2.05, 4.69) is 5.32 Å². The number of amides is 1. The summed E-state index contributed by atoms with van der Waals surface area (Å²) >= 11 is 0. The number of hydrogen-bond acceptors (Lipinski definition) is 4. The molecule has 1 amide bonds. The molecule has 6 nitrogen and oxygen atoms in total. The lowest BCUT2D eigenvalue weighted by molar-refractivity contribution is -0.122. The molecule has 1 atom stereocenters. The van der Waals surface area contributed by atoms with Gasteiger partial charge in [0.15, 0.2) is 0 Å². The van der Waals surface area contributed by atoms with Crippen LogP contribution in [-0.2, 0) is 27.8 Å². The van der Waals surface area contributed by atoms with Crippen molar-refractivity contribution in [2.24, 2.45) is 0 Å². The second kappa shape index (κ2) is 8.45. The molecule has 30 heavy (non-hydrogen) atoms. The quantitative estimate of drug-likeness (QED) is 0.656. The summed E-state index contributed by atoms with van der Waals surface area (Å²) in [7, 11) is -3.74. The minimum Gasteiger partial charge on any atom is -0.467 e. The summed E-state index contributed by atoms with van der Waals surface area (Å²) in [5.74, 6) is 0.425. The molecular formula is C23H24N2O4S. The molecule has 0 radical (unpaired) electrons. The summed E-state index contributed by atoms with van der Waals surface area (Å²) < 4.78 is 33.6. The van der Waals surface area contributed by atoms with Crippen molar-refractivity contribution in [3.05, 3.63) is 89.4 Å². The highest BCUT2D eigenvalue weighted by Crippen LogP contribution is 2.36. The van der Waals surface area contributed by atoms with E-state index in [1.807, 2.05) is 31.2 Å². The summed E-state index contributed by atoms with van der Waals surface area (Å²) in [6.45, 7) is 2.52. The Kier molecular flexibility index (Phi) is 5.74. The molecule has 0 spiro atoms. The van der Waals surface area contributed by atoms with Crippen LogP contribution in [-0.4, -0.2) is 25.2 Å². The molecule has 0 bridgehead atoms. The molecular weight excluding hydrogens is 400 g/mol. The number of nitrogens with zero attached hydrogens (tertiary/aromatic N) is 1. The maximum atomic E-state index is 13.4. The second-order valence-corrected chi connectivity index (χ2v) is 9.34. The van der Waals surface area contributed by atoms with E-state index >= 15 is 0 Å². The zero-order valence-electron chi connectivity index (χ0n) is 16.7. The fourth-order valence-electron chi connectivity index (χ4n) is 3.82. The molecule has 1 aromatic heterocycles. The Morgan fingerprint density at radius 1 is 1.10 bits per heavy atom. The lowest BCUT2D eigenvalue weighted by Crippen LogP contribution is -2.42. The zero-order chi connectivity index (χ0) is 21.1. The van der Waals surface area contributed by atoms with Gasteiger partial charge in [-0.15, -0.1) is 0 Å². The van der Waals surface area contributed by atoms with Gasteiger partial charge >= 0.3 is 0 Å². The maximum Gasteiger partial charge on any atom is 0.243 e. The fraction of sp³-hybridized carbons (Fsp3) is 0.261. The zero-order valence-corrected chi connectivity index (χ0v) is 17.6. The summed E-state index contributed by atoms with van der Waals surface area (Å²) in [5.41, 5.74) is 2.95. The molecule has 0 saturated heterocycles. The minimum absolute atomic E-state index is 0.0445. The second-order valence-electron chi connectivity index (χ2n) is 7.45. The molecule has 4 rings (SSSR count). The normalized spacial score (nSPS) is 16.8. The highest BCUT2D eigenvalue weighted by Gasteiger charge is 2.37. The number of sulfonamides is 1. The van der Waals surface area contributed by atoms with Crippen LogP contribution in [0.15, 0.2) is 76.2 Å². The van der Waals surface area contributed by atoms with Gasteiger partial charge in [0.2, 0.25) is 15.9 Å². The summed E-state index contributed by atoms with van der Waals surface area (Å²) in [6, 6.07) is 17.5. The van der Waals surface area contributed by atoms with Crippen molar-refractivity contribution in [3.8, 4) is 0 Å². The number of hydrogen-bond donors (Lipinski definition) is 1. The van der Waals surface area contributed by atoms with E-state index < -0.39 is 16.1 Å². The fourth-order valence-corrected chi connectivity index (χ4v) is 5.43. The Balaban J connectivity index is 1.62. The van der Waals surface area contributed by atoms with Crippen LogP contribution in [0.25, 0.3) is 0 Å². The lowest BCUT2D eigenvalue weighted by atomic mass is 9.92. The molecule has 1 unspecified atom stereocenters. The van der Waals surface area contributed by atoms with Crippen LogP contribution in [0.1, 0.15) is 34.9 Å². The number of rotatable bonds is 6. The number of carbonyl (C=O) groups is 1. The van der Waals surface area contributed by atoms with Crippen molar-refractivity contribution < 1.29 is 17.6 Å². The van der Waals surface area contributed by atoms with Crippen LogP contribution in [0.5, 0.6) is 0 Å². The third kappa shape index (κ3) is 4.17. The van der Waals surface area contributed by atoms with Crippen LogP contribution in [0.3, 0.4) is 0 Å². The van der Waals surface area contributed by atoms with Crippen molar-refractivity contribution >= 4 is 15.9 Å². The van der Waals surface area contributed by atoms with Crippen LogP contribution in [0, 0.1) is 6.92 Å². The van der Waals surface area contributed by atoms with Gasteiger partial charge < -0.3 is 9.73 Å². The Hall–Kier alpha value is -2.90. The van der Waals surface area contributed by atoms with Gasteiger partial charge in [-0.05, 0) is 48.7 Å². The van der Waals surface area contributed by atoms with E-state index in [0.717, 1.165) is 16.7 Å². The predicted octanol–water partition coefficient (Wildman–Crippen LogP) is 3.58. The van der Waals surface area contributed by atoms with E-state index in [1.165, 1.54) is 4.31 Å². The van der Waals surface area contributed by atoms with Gasteiger partial charge in [-0.2, -0.15) is 4.31 Å². The highest BCUT2D eigenvalue weighted by molar-refractivity contribution is 7.89. The third-order valence-corrected chi connectivity index (χ3v) is 7.33. The minimum atomic E-state index is -3.74. The SMILES string of the molecule is Cc1ccc(S(=O)(=O)N2CCc3ccccc3C2CC(=O)NCc2ccco2)cc1. The van der Waals surface area contributed by atoms with Crippen molar-refractivity contribution in [2.45, 2.75) is 37.2 Å². The molecule has 2 heterocycles. The molecule has 0 fully saturated rings. The van der Waals surface area contributed by atoms with Gasteiger partial charge in [-0.1, -0.05) is 42.0 Å². The molecule has 156 valence electrons. The number of furan rings is 1. The largest absolute Gasteiger partial charge is 0.467 e. The van der Waals surface area contributed by atoms with Gasteiger partial charge in [0.05, 0.1) is 23.7 Å². The van der Waals surface area contributed by atoms with Gasteiger partial charge in [0, 0.05) is 13.0 Å². The smallest absolute Gasteiger partial charge is 0.243 e. The topological polar surface area (TPSA) is 79.6 Å². The predicted molar refractivity (Wildman–Crippen MR) is 113 cm³/mol. The van der Waals surface area contributed by atoms with E-state index in [4.69, 9.17) is 4.42 Å². The molecule has 7 heteroatoms.